The summed E-state index contributed by atoms with van der Waals surface area (Å²) in [6.07, 6.45) is 0.370. The van der Waals surface area contributed by atoms with Gasteiger partial charge in [-0.1, -0.05) is 30.3 Å². The van der Waals surface area contributed by atoms with E-state index in [0.29, 0.717) is 13.2 Å². The highest BCUT2D eigenvalue weighted by Crippen LogP contribution is 2.30. The third kappa shape index (κ3) is 2.55. The van der Waals surface area contributed by atoms with Crippen LogP contribution in [-0.2, 0) is 13.0 Å². The maximum Gasteiger partial charge on any atom is 0.123 e. The molecule has 0 aromatic heterocycles. The van der Waals surface area contributed by atoms with Crippen LogP contribution in [0.25, 0.3) is 0 Å². The van der Waals surface area contributed by atoms with Crippen LogP contribution in [-0.4, -0.2) is 18.7 Å². The second-order valence-corrected chi connectivity index (χ2v) is 5.17. The molecule has 0 saturated carbocycles. The Hall–Kier alpha value is -1.84. The van der Waals surface area contributed by atoms with Gasteiger partial charge in [0.25, 0.3) is 0 Å². The van der Waals surface area contributed by atoms with Crippen molar-refractivity contribution in [3.63, 3.8) is 0 Å². The molecule has 0 spiro atoms. The standard InChI is InChI=1S/C17H19NO2/c1-18-10-16(19)13-6-7-17-15(9-13)8-12-4-2-3-5-14(12)11-20-17/h2-7,9,16,18-19H,8,10-11H2,1H3. The first-order chi connectivity index (χ1) is 9.78. The molecule has 1 unspecified atom stereocenters. The average molecular weight is 269 g/mol. The summed E-state index contributed by atoms with van der Waals surface area (Å²) < 4.78 is 5.87. The summed E-state index contributed by atoms with van der Waals surface area (Å²) in [7, 11) is 1.84. The SMILES string of the molecule is CNCC(O)c1ccc2c(c1)Cc1ccccc1CO2. The van der Waals surface area contributed by atoms with E-state index in [9.17, 15) is 5.11 Å². The molecule has 3 heteroatoms. The van der Waals surface area contributed by atoms with E-state index < -0.39 is 6.10 Å². The first kappa shape index (κ1) is 13.2. The third-order valence-electron chi connectivity index (χ3n) is 3.75. The van der Waals surface area contributed by atoms with Crippen LogP contribution >= 0.6 is 0 Å². The van der Waals surface area contributed by atoms with Crippen LogP contribution in [0.1, 0.15) is 28.4 Å². The fourth-order valence-corrected chi connectivity index (χ4v) is 2.63. The monoisotopic (exact) mass is 269 g/mol. The number of hydrogen-bond acceptors (Lipinski definition) is 3. The predicted octanol–water partition coefficient (Wildman–Crippen LogP) is 2.42. The molecule has 3 nitrogen and oxygen atoms in total. The molecule has 1 atom stereocenters. The highest BCUT2D eigenvalue weighted by molar-refractivity contribution is 5.44. The Morgan fingerprint density at radius 3 is 2.75 bits per heavy atom. The zero-order valence-corrected chi connectivity index (χ0v) is 11.6. The number of benzene rings is 2. The summed E-state index contributed by atoms with van der Waals surface area (Å²) in [5.41, 5.74) is 4.61. The van der Waals surface area contributed by atoms with Gasteiger partial charge in [-0.15, -0.1) is 0 Å². The zero-order valence-electron chi connectivity index (χ0n) is 11.6. The molecule has 104 valence electrons. The smallest absolute Gasteiger partial charge is 0.123 e. The molecule has 2 N–H and O–H groups in total. The van der Waals surface area contributed by atoms with Crippen LogP contribution in [0.15, 0.2) is 42.5 Å². The normalized spacial score (nSPS) is 14.7. The van der Waals surface area contributed by atoms with Crippen LogP contribution in [0.2, 0.25) is 0 Å². The van der Waals surface area contributed by atoms with Gasteiger partial charge in [-0.25, -0.2) is 0 Å². The van der Waals surface area contributed by atoms with Gasteiger partial charge < -0.3 is 15.2 Å². The predicted molar refractivity (Wildman–Crippen MR) is 78.9 cm³/mol. The van der Waals surface area contributed by atoms with Crippen LogP contribution in [0.3, 0.4) is 0 Å². The summed E-state index contributed by atoms with van der Waals surface area (Å²) in [5.74, 6) is 0.918. The molecule has 2 aromatic rings. The maximum absolute atomic E-state index is 10.1. The minimum Gasteiger partial charge on any atom is -0.489 e. The Kier molecular flexibility index (Phi) is 3.72. The molecule has 0 bridgehead atoms. The van der Waals surface area contributed by atoms with Gasteiger partial charge in [0, 0.05) is 13.0 Å². The first-order valence-electron chi connectivity index (χ1n) is 6.93. The van der Waals surface area contributed by atoms with Gasteiger partial charge in [-0.3, -0.25) is 0 Å². The van der Waals surface area contributed by atoms with Crippen LogP contribution in [0.5, 0.6) is 5.75 Å². The van der Waals surface area contributed by atoms with E-state index in [1.165, 1.54) is 11.1 Å². The molecule has 3 rings (SSSR count). The molecule has 20 heavy (non-hydrogen) atoms. The lowest BCUT2D eigenvalue weighted by Gasteiger charge is -2.13. The second-order valence-electron chi connectivity index (χ2n) is 5.17. The highest BCUT2D eigenvalue weighted by atomic mass is 16.5. The van der Waals surface area contributed by atoms with Gasteiger partial charge >= 0.3 is 0 Å². The minimum absolute atomic E-state index is 0.483. The van der Waals surface area contributed by atoms with Crippen molar-refractivity contribution in [2.45, 2.75) is 19.1 Å². The molecule has 0 fully saturated rings. The lowest BCUT2D eigenvalue weighted by Crippen LogP contribution is -2.16. The number of nitrogens with one attached hydrogen (secondary N) is 1. The quantitative estimate of drug-likeness (QED) is 0.899. The Labute approximate surface area is 119 Å². The summed E-state index contributed by atoms with van der Waals surface area (Å²) in [4.78, 5) is 0. The molecule has 0 radical (unpaired) electrons. The number of rotatable bonds is 3. The van der Waals surface area contributed by atoms with Gasteiger partial charge in [0.05, 0.1) is 6.10 Å². The summed E-state index contributed by atoms with van der Waals surface area (Å²) in [6, 6.07) is 14.3. The van der Waals surface area contributed by atoms with Gasteiger partial charge in [0.15, 0.2) is 0 Å². The number of likely N-dealkylation sites (N-methyl/N-ethyl adjacent to an activating group) is 1. The number of aliphatic hydroxyl groups is 1. The van der Waals surface area contributed by atoms with Crippen molar-refractivity contribution in [1.82, 2.24) is 5.32 Å². The van der Waals surface area contributed by atoms with Crippen molar-refractivity contribution in [2.75, 3.05) is 13.6 Å². The van der Waals surface area contributed by atoms with Crippen molar-refractivity contribution >= 4 is 0 Å². The van der Waals surface area contributed by atoms with E-state index in [0.717, 1.165) is 23.3 Å². The first-order valence-corrected chi connectivity index (χ1v) is 6.93. The van der Waals surface area contributed by atoms with Gasteiger partial charge in [-0.05, 0) is 41.4 Å². The second kappa shape index (κ2) is 5.65. The Bertz CT molecular complexity index is 610. The van der Waals surface area contributed by atoms with Crippen molar-refractivity contribution in [1.29, 1.82) is 0 Å². The Morgan fingerprint density at radius 1 is 1.15 bits per heavy atom. The van der Waals surface area contributed by atoms with Crippen LogP contribution in [0, 0.1) is 0 Å². The van der Waals surface area contributed by atoms with Crippen molar-refractivity contribution in [3.05, 3.63) is 64.7 Å². The van der Waals surface area contributed by atoms with E-state index in [1.807, 2.05) is 25.2 Å². The van der Waals surface area contributed by atoms with Gasteiger partial charge in [0.2, 0.25) is 0 Å². The molecular weight excluding hydrogens is 250 g/mol. The fraction of sp³-hybridized carbons (Fsp3) is 0.294. The number of aliphatic hydroxyl groups excluding tert-OH is 1. The lowest BCUT2D eigenvalue weighted by molar-refractivity contribution is 0.177. The lowest BCUT2D eigenvalue weighted by atomic mass is 9.98. The molecule has 0 amide bonds. The van der Waals surface area contributed by atoms with Crippen LogP contribution < -0.4 is 10.1 Å². The van der Waals surface area contributed by atoms with Crippen molar-refractivity contribution < 1.29 is 9.84 Å². The molecule has 1 heterocycles. The molecular formula is C17H19NO2. The Balaban J connectivity index is 1.94. The zero-order chi connectivity index (χ0) is 13.9. The number of fused-ring (bicyclic) bond motifs is 2. The molecule has 0 aliphatic carbocycles. The molecule has 1 aliphatic heterocycles. The minimum atomic E-state index is -0.483. The summed E-state index contributed by atoms with van der Waals surface area (Å²) >= 11 is 0. The van der Waals surface area contributed by atoms with E-state index in [-0.39, 0.29) is 0 Å². The largest absolute Gasteiger partial charge is 0.489 e. The summed E-state index contributed by atoms with van der Waals surface area (Å²) in [6.45, 7) is 1.16. The fourth-order valence-electron chi connectivity index (χ4n) is 2.63. The average Bonchev–Trinajstić information content (AvgIpc) is 2.65. The molecule has 2 aromatic carbocycles. The van der Waals surface area contributed by atoms with Crippen molar-refractivity contribution in [2.24, 2.45) is 0 Å². The Morgan fingerprint density at radius 2 is 1.95 bits per heavy atom. The van der Waals surface area contributed by atoms with E-state index in [1.54, 1.807) is 0 Å². The van der Waals surface area contributed by atoms with E-state index >= 15 is 0 Å². The molecule has 0 saturated heterocycles. The summed E-state index contributed by atoms with van der Waals surface area (Å²) in [5, 5.41) is 13.1. The highest BCUT2D eigenvalue weighted by Gasteiger charge is 2.16. The van der Waals surface area contributed by atoms with Gasteiger partial charge in [0.1, 0.15) is 12.4 Å². The number of hydrogen-bond donors (Lipinski definition) is 2. The third-order valence-corrected chi connectivity index (χ3v) is 3.75. The topological polar surface area (TPSA) is 41.5 Å². The maximum atomic E-state index is 10.1. The van der Waals surface area contributed by atoms with E-state index in [4.69, 9.17) is 4.74 Å². The van der Waals surface area contributed by atoms with Crippen LogP contribution in [0.4, 0.5) is 0 Å². The number of ether oxygens (including phenoxy) is 1. The molecule has 1 aliphatic rings. The van der Waals surface area contributed by atoms with E-state index in [2.05, 4.69) is 29.6 Å². The van der Waals surface area contributed by atoms with Gasteiger partial charge in [-0.2, -0.15) is 0 Å². The van der Waals surface area contributed by atoms with Crippen molar-refractivity contribution in [3.8, 4) is 5.75 Å².